The molecule has 2 aromatic heterocycles. The minimum atomic E-state index is 0.438. The zero-order valence-corrected chi connectivity index (χ0v) is 11.6. The Hall–Kier alpha value is -1.08. The zero-order chi connectivity index (χ0) is 12.0. The molecule has 0 atom stereocenters. The smallest absolute Gasteiger partial charge is 0.141 e. The number of hydrogen-bond acceptors (Lipinski definition) is 5. The second-order valence-electron chi connectivity index (χ2n) is 2.74. The van der Waals surface area contributed by atoms with Gasteiger partial charge in [-0.25, -0.2) is 15.0 Å². The average molecular weight is 347 g/mol. The highest BCUT2D eigenvalue weighted by molar-refractivity contribution is 9.10. The lowest BCUT2D eigenvalue weighted by Crippen LogP contribution is -1.89. The zero-order valence-electron chi connectivity index (χ0n) is 8.43. The van der Waals surface area contributed by atoms with E-state index in [1.165, 1.54) is 6.20 Å². The van der Waals surface area contributed by atoms with Gasteiger partial charge in [-0.3, -0.25) is 4.98 Å². The third kappa shape index (κ3) is 5.13. The molecule has 0 aromatic carbocycles. The summed E-state index contributed by atoms with van der Waals surface area (Å²) in [5.74, 6) is 0.438. The van der Waals surface area contributed by atoms with Crippen LogP contribution in [-0.4, -0.2) is 19.9 Å². The number of anilines is 1. The predicted octanol–water partition coefficient (Wildman–Crippen LogP) is 2.37. The number of rotatable bonds is 0. The molecule has 2 N–H and O–H groups in total. The first-order valence-electron chi connectivity index (χ1n) is 4.25. The van der Waals surface area contributed by atoms with Gasteiger partial charge in [-0.1, -0.05) is 0 Å². The van der Waals surface area contributed by atoms with Crippen LogP contribution in [0.15, 0.2) is 34.0 Å². The molecule has 0 bridgehead atoms. The lowest BCUT2D eigenvalue weighted by molar-refractivity contribution is 1.09. The largest absolute Gasteiger partial charge is 0.382 e. The molecule has 0 aliphatic rings. The third-order valence-corrected chi connectivity index (χ3v) is 2.21. The van der Waals surface area contributed by atoms with Gasteiger partial charge in [0.15, 0.2) is 0 Å². The molecule has 0 spiro atoms. The van der Waals surface area contributed by atoms with Crippen LogP contribution in [0.2, 0.25) is 0 Å². The van der Waals surface area contributed by atoms with E-state index < -0.39 is 0 Å². The third-order valence-electron chi connectivity index (χ3n) is 1.39. The number of nitrogen functional groups attached to an aromatic ring is 1. The first-order chi connectivity index (χ1) is 7.58. The van der Waals surface area contributed by atoms with Gasteiger partial charge in [-0.15, -0.1) is 0 Å². The number of aromatic nitrogens is 4. The Morgan fingerprint density at radius 2 is 1.44 bits per heavy atom. The van der Waals surface area contributed by atoms with Crippen molar-refractivity contribution in [3.63, 3.8) is 0 Å². The van der Waals surface area contributed by atoms with Crippen molar-refractivity contribution in [1.82, 2.24) is 19.9 Å². The highest BCUT2D eigenvalue weighted by Gasteiger charge is 1.85. The van der Waals surface area contributed by atoms with E-state index in [1.54, 1.807) is 18.6 Å². The first kappa shape index (κ1) is 13.0. The SMILES string of the molecule is Cc1cnc(Br)cn1.Nc1cnc(Br)cn1. The average Bonchev–Trinajstić information content (AvgIpc) is 2.28. The van der Waals surface area contributed by atoms with Crippen LogP contribution in [-0.2, 0) is 0 Å². The quantitative estimate of drug-likeness (QED) is 0.792. The molecular weight excluding hydrogens is 338 g/mol. The van der Waals surface area contributed by atoms with E-state index in [4.69, 9.17) is 5.73 Å². The monoisotopic (exact) mass is 345 g/mol. The van der Waals surface area contributed by atoms with Crippen LogP contribution in [0.3, 0.4) is 0 Å². The number of hydrogen-bond donors (Lipinski definition) is 1. The Balaban J connectivity index is 0.000000160. The molecule has 0 saturated carbocycles. The molecule has 2 heterocycles. The summed E-state index contributed by atoms with van der Waals surface area (Å²) in [5.41, 5.74) is 6.17. The van der Waals surface area contributed by atoms with Crippen LogP contribution in [0, 0.1) is 6.92 Å². The van der Waals surface area contributed by atoms with Crippen molar-refractivity contribution in [3.8, 4) is 0 Å². The fourth-order valence-corrected chi connectivity index (χ4v) is 1.11. The molecule has 0 fully saturated rings. The number of aryl methyl sites for hydroxylation is 1. The van der Waals surface area contributed by atoms with Crippen molar-refractivity contribution >= 4 is 37.7 Å². The summed E-state index contributed by atoms with van der Waals surface area (Å²) >= 11 is 6.29. The summed E-state index contributed by atoms with van der Waals surface area (Å²) in [5, 5.41) is 0. The van der Waals surface area contributed by atoms with Crippen LogP contribution in [0.4, 0.5) is 5.82 Å². The highest BCUT2D eigenvalue weighted by Crippen LogP contribution is 2.02. The fraction of sp³-hybridized carbons (Fsp3) is 0.111. The van der Waals surface area contributed by atoms with Crippen LogP contribution < -0.4 is 5.73 Å². The van der Waals surface area contributed by atoms with Crippen LogP contribution >= 0.6 is 31.9 Å². The van der Waals surface area contributed by atoms with E-state index in [0.29, 0.717) is 10.4 Å². The molecule has 0 radical (unpaired) electrons. The van der Waals surface area contributed by atoms with Crippen molar-refractivity contribution in [1.29, 1.82) is 0 Å². The summed E-state index contributed by atoms with van der Waals surface area (Å²) in [4.78, 5) is 15.5. The highest BCUT2D eigenvalue weighted by atomic mass is 79.9. The molecule has 2 aromatic rings. The molecule has 0 aliphatic heterocycles. The number of nitrogens with two attached hydrogens (primary N) is 1. The van der Waals surface area contributed by atoms with E-state index in [0.717, 1.165) is 10.3 Å². The van der Waals surface area contributed by atoms with Crippen molar-refractivity contribution in [3.05, 3.63) is 39.7 Å². The molecular formula is C9H9Br2N5. The Bertz CT molecular complexity index is 343. The van der Waals surface area contributed by atoms with Gasteiger partial charge in [0, 0.05) is 6.20 Å². The molecule has 16 heavy (non-hydrogen) atoms. The maximum Gasteiger partial charge on any atom is 0.141 e. The maximum absolute atomic E-state index is 5.23. The van der Waals surface area contributed by atoms with Crippen molar-refractivity contribution < 1.29 is 0 Å². The van der Waals surface area contributed by atoms with E-state index in [9.17, 15) is 0 Å². The minimum absolute atomic E-state index is 0.438. The summed E-state index contributed by atoms with van der Waals surface area (Å²) < 4.78 is 1.48. The summed E-state index contributed by atoms with van der Waals surface area (Å²) in [6, 6.07) is 0. The molecule has 0 aliphatic carbocycles. The second-order valence-corrected chi connectivity index (χ2v) is 4.37. The molecule has 0 saturated heterocycles. The fourth-order valence-electron chi connectivity index (χ4n) is 0.699. The van der Waals surface area contributed by atoms with Crippen LogP contribution in [0.1, 0.15) is 5.69 Å². The van der Waals surface area contributed by atoms with Crippen LogP contribution in [0.5, 0.6) is 0 Å². The van der Waals surface area contributed by atoms with Gasteiger partial charge in [-0.05, 0) is 38.8 Å². The second kappa shape index (κ2) is 6.49. The minimum Gasteiger partial charge on any atom is -0.382 e. The first-order valence-corrected chi connectivity index (χ1v) is 5.83. The molecule has 0 amide bonds. The van der Waals surface area contributed by atoms with Crippen LogP contribution in [0.25, 0.3) is 0 Å². The number of halogens is 2. The molecule has 7 heteroatoms. The Morgan fingerprint density at radius 1 is 0.875 bits per heavy atom. The van der Waals surface area contributed by atoms with E-state index >= 15 is 0 Å². The van der Waals surface area contributed by atoms with E-state index in [1.807, 2.05) is 6.92 Å². The lowest BCUT2D eigenvalue weighted by atomic mass is 10.5. The van der Waals surface area contributed by atoms with Gasteiger partial charge in [0.05, 0.1) is 24.3 Å². The van der Waals surface area contributed by atoms with Crippen molar-refractivity contribution in [2.45, 2.75) is 6.92 Å². The Kier molecular flexibility index (Phi) is 5.27. The van der Waals surface area contributed by atoms with Gasteiger partial charge in [0.2, 0.25) is 0 Å². The number of nitrogens with zero attached hydrogens (tertiary/aromatic N) is 4. The summed E-state index contributed by atoms with van der Waals surface area (Å²) in [7, 11) is 0. The van der Waals surface area contributed by atoms with Crippen molar-refractivity contribution in [2.24, 2.45) is 0 Å². The van der Waals surface area contributed by atoms with Gasteiger partial charge >= 0.3 is 0 Å². The van der Waals surface area contributed by atoms with Gasteiger partial charge in [-0.2, -0.15) is 0 Å². The van der Waals surface area contributed by atoms with Gasteiger partial charge in [0.25, 0.3) is 0 Å². The van der Waals surface area contributed by atoms with Crippen molar-refractivity contribution in [2.75, 3.05) is 5.73 Å². The lowest BCUT2D eigenvalue weighted by Gasteiger charge is -1.87. The Labute approximate surface area is 110 Å². The molecule has 84 valence electrons. The van der Waals surface area contributed by atoms with E-state index in [-0.39, 0.29) is 0 Å². The van der Waals surface area contributed by atoms with E-state index in [2.05, 4.69) is 51.8 Å². The normalized spacial score (nSPS) is 9.19. The Morgan fingerprint density at radius 3 is 1.75 bits per heavy atom. The van der Waals surface area contributed by atoms with Gasteiger partial charge < -0.3 is 5.73 Å². The topological polar surface area (TPSA) is 77.6 Å². The molecule has 0 unspecified atom stereocenters. The predicted molar refractivity (Wildman–Crippen MR) is 68.6 cm³/mol. The standard InChI is InChI=1S/C5H5BrN2.C4H4BrN3/c1-4-2-8-5(6)3-7-4;5-3-1-8-4(6)2-7-3/h2-3H,1H3;1-2H,(H2,6,8). The summed E-state index contributed by atoms with van der Waals surface area (Å²) in [6.45, 7) is 1.90. The molecule has 2 rings (SSSR count). The molecule has 5 nitrogen and oxygen atoms in total. The summed E-state index contributed by atoms with van der Waals surface area (Å²) in [6.07, 6.45) is 6.43. The maximum atomic E-state index is 5.23. The van der Waals surface area contributed by atoms with Gasteiger partial charge in [0.1, 0.15) is 15.0 Å².